The summed E-state index contributed by atoms with van der Waals surface area (Å²) in [5.74, 6) is -0.243. The third-order valence-corrected chi connectivity index (χ3v) is 4.21. The topological polar surface area (TPSA) is 97.8 Å². The molecule has 0 radical (unpaired) electrons. The number of ether oxygens (including phenoxy) is 2. The normalized spacial score (nSPS) is 16.7. The van der Waals surface area contributed by atoms with Crippen LogP contribution in [0.2, 0.25) is 0 Å². The van der Waals surface area contributed by atoms with Gasteiger partial charge in [0.1, 0.15) is 11.3 Å². The second-order valence-electron chi connectivity index (χ2n) is 6.60. The number of pyridine rings is 1. The Morgan fingerprint density at radius 1 is 1.42 bits per heavy atom. The number of amides is 1. The molecular formula is C19H22N2O5. The number of rotatable bonds is 7. The van der Waals surface area contributed by atoms with E-state index >= 15 is 0 Å². The Morgan fingerprint density at radius 3 is 2.88 bits per heavy atom. The van der Waals surface area contributed by atoms with Gasteiger partial charge < -0.3 is 19.9 Å². The number of carboxylic acids is 1. The average molecular weight is 358 g/mol. The monoisotopic (exact) mass is 358 g/mol. The zero-order valence-corrected chi connectivity index (χ0v) is 14.8. The van der Waals surface area contributed by atoms with Crippen molar-refractivity contribution in [2.75, 3.05) is 6.61 Å². The van der Waals surface area contributed by atoms with Gasteiger partial charge in [-0.15, -0.1) is 0 Å². The van der Waals surface area contributed by atoms with E-state index < -0.39 is 5.97 Å². The van der Waals surface area contributed by atoms with Crippen molar-refractivity contribution >= 4 is 22.6 Å². The van der Waals surface area contributed by atoms with Gasteiger partial charge in [-0.3, -0.25) is 4.79 Å². The molecule has 1 aliphatic rings. The van der Waals surface area contributed by atoms with Crippen LogP contribution in [0.4, 0.5) is 0 Å². The summed E-state index contributed by atoms with van der Waals surface area (Å²) in [6.45, 7) is 4.09. The molecule has 1 amide bonds. The number of aromatic carboxylic acids is 1. The van der Waals surface area contributed by atoms with Crippen LogP contribution in [0.1, 0.15) is 43.5 Å². The lowest BCUT2D eigenvalue weighted by Gasteiger charge is -2.15. The van der Waals surface area contributed by atoms with E-state index in [2.05, 4.69) is 10.3 Å². The minimum atomic E-state index is -1.04. The predicted octanol–water partition coefficient (Wildman–Crippen LogP) is 2.77. The van der Waals surface area contributed by atoms with Crippen LogP contribution in [-0.4, -0.2) is 40.7 Å². The summed E-state index contributed by atoms with van der Waals surface area (Å²) in [5.41, 5.74) is 0.108. The Hall–Kier alpha value is -2.83. The van der Waals surface area contributed by atoms with E-state index in [1.54, 1.807) is 24.4 Å². The average Bonchev–Trinajstić information content (AvgIpc) is 2.99. The van der Waals surface area contributed by atoms with E-state index in [-0.39, 0.29) is 23.6 Å². The van der Waals surface area contributed by atoms with E-state index in [0.717, 1.165) is 11.8 Å². The first-order valence-electron chi connectivity index (χ1n) is 8.69. The standard InChI is InChI=1S/C19H22N2O5/c1-11(2)26-16-10-14-12(9-15(16)19(23)24)5-7-20-18(14)25-8-6-13-3-4-17(22)21-13/h5,7,9-11,13H,3-4,6,8H2,1-2H3,(H,21,22)(H,23,24)/t13-/m0/s1. The van der Waals surface area contributed by atoms with Crippen LogP contribution in [0.3, 0.4) is 0 Å². The molecule has 1 fully saturated rings. The molecule has 2 heterocycles. The third kappa shape index (κ3) is 4.04. The highest BCUT2D eigenvalue weighted by Gasteiger charge is 2.21. The largest absolute Gasteiger partial charge is 0.490 e. The van der Waals surface area contributed by atoms with Crippen LogP contribution < -0.4 is 14.8 Å². The first kappa shape index (κ1) is 18.0. The molecule has 2 aromatic rings. The highest BCUT2D eigenvalue weighted by Crippen LogP contribution is 2.31. The van der Waals surface area contributed by atoms with Crippen molar-refractivity contribution in [3.8, 4) is 11.6 Å². The SMILES string of the molecule is CC(C)Oc1cc2c(OCC[C@@H]3CCC(=O)N3)nccc2cc1C(=O)O. The molecule has 1 saturated heterocycles. The maximum Gasteiger partial charge on any atom is 0.339 e. The fraction of sp³-hybridized carbons (Fsp3) is 0.421. The van der Waals surface area contributed by atoms with Crippen LogP contribution in [0.25, 0.3) is 10.8 Å². The summed E-state index contributed by atoms with van der Waals surface area (Å²) >= 11 is 0. The second kappa shape index (κ2) is 7.59. The minimum absolute atomic E-state index is 0.0787. The van der Waals surface area contributed by atoms with E-state index in [1.807, 2.05) is 13.8 Å². The first-order chi connectivity index (χ1) is 12.4. The van der Waals surface area contributed by atoms with Crippen LogP contribution in [0.5, 0.6) is 11.6 Å². The summed E-state index contributed by atoms with van der Waals surface area (Å²) in [7, 11) is 0. The number of fused-ring (bicyclic) bond motifs is 1. The molecular weight excluding hydrogens is 336 g/mol. The van der Waals surface area contributed by atoms with Crippen molar-refractivity contribution < 1.29 is 24.2 Å². The molecule has 26 heavy (non-hydrogen) atoms. The van der Waals surface area contributed by atoms with Gasteiger partial charge >= 0.3 is 5.97 Å². The Labute approximate surface area is 151 Å². The van der Waals surface area contributed by atoms with Gasteiger partial charge in [0.2, 0.25) is 11.8 Å². The number of carbonyl (C=O) groups excluding carboxylic acids is 1. The molecule has 1 aliphatic heterocycles. The lowest BCUT2D eigenvalue weighted by molar-refractivity contribution is -0.119. The number of carboxylic acid groups (broad SMARTS) is 1. The van der Waals surface area contributed by atoms with Gasteiger partial charge in [-0.05, 0) is 43.9 Å². The van der Waals surface area contributed by atoms with Gasteiger partial charge in [-0.25, -0.2) is 9.78 Å². The van der Waals surface area contributed by atoms with E-state index in [1.165, 1.54) is 0 Å². The van der Waals surface area contributed by atoms with Gasteiger partial charge in [0.05, 0.1) is 12.7 Å². The van der Waals surface area contributed by atoms with Gasteiger partial charge in [0, 0.05) is 30.5 Å². The third-order valence-electron chi connectivity index (χ3n) is 4.21. The zero-order valence-electron chi connectivity index (χ0n) is 14.8. The smallest absolute Gasteiger partial charge is 0.339 e. The number of nitrogens with zero attached hydrogens (tertiary/aromatic N) is 1. The number of nitrogens with one attached hydrogen (secondary N) is 1. The quantitative estimate of drug-likeness (QED) is 0.790. The molecule has 7 nitrogen and oxygen atoms in total. The molecule has 138 valence electrons. The number of hydrogen-bond donors (Lipinski definition) is 2. The summed E-state index contributed by atoms with van der Waals surface area (Å²) in [4.78, 5) is 27.0. The maximum atomic E-state index is 11.5. The molecule has 0 aliphatic carbocycles. The first-order valence-corrected chi connectivity index (χ1v) is 8.69. The molecule has 0 saturated carbocycles. The molecule has 0 bridgehead atoms. The van der Waals surface area contributed by atoms with Crippen LogP contribution in [0.15, 0.2) is 24.4 Å². The Bertz CT molecular complexity index is 834. The van der Waals surface area contributed by atoms with Gasteiger partial charge in [0.25, 0.3) is 0 Å². The van der Waals surface area contributed by atoms with Crippen LogP contribution in [-0.2, 0) is 4.79 Å². The number of carbonyl (C=O) groups is 2. The van der Waals surface area contributed by atoms with Crippen molar-refractivity contribution in [2.24, 2.45) is 0 Å². The van der Waals surface area contributed by atoms with Crippen molar-refractivity contribution in [3.05, 3.63) is 30.0 Å². The Balaban J connectivity index is 1.83. The summed E-state index contributed by atoms with van der Waals surface area (Å²) in [5, 5.41) is 13.8. The lowest BCUT2D eigenvalue weighted by atomic mass is 10.1. The lowest BCUT2D eigenvalue weighted by Crippen LogP contribution is -2.26. The minimum Gasteiger partial charge on any atom is -0.490 e. The molecule has 2 N–H and O–H groups in total. The van der Waals surface area contributed by atoms with Gasteiger partial charge in [0.15, 0.2) is 0 Å². The summed E-state index contributed by atoms with van der Waals surface area (Å²) in [6, 6.07) is 5.11. The fourth-order valence-corrected chi connectivity index (χ4v) is 3.00. The highest BCUT2D eigenvalue weighted by molar-refractivity contribution is 5.99. The predicted molar refractivity (Wildman–Crippen MR) is 95.7 cm³/mol. The van der Waals surface area contributed by atoms with Crippen LogP contribution in [0, 0.1) is 0 Å². The molecule has 7 heteroatoms. The number of aromatic nitrogens is 1. The highest BCUT2D eigenvalue weighted by atomic mass is 16.5. The van der Waals surface area contributed by atoms with Crippen LogP contribution >= 0.6 is 0 Å². The molecule has 1 atom stereocenters. The molecule has 1 aromatic heterocycles. The molecule has 1 aromatic carbocycles. The van der Waals surface area contributed by atoms with Gasteiger partial charge in [-0.2, -0.15) is 0 Å². The Kier molecular flexibility index (Phi) is 5.25. The Morgan fingerprint density at radius 2 is 2.23 bits per heavy atom. The fourth-order valence-electron chi connectivity index (χ4n) is 3.00. The maximum absolute atomic E-state index is 11.5. The number of hydrogen-bond acceptors (Lipinski definition) is 5. The number of benzene rings is 1. The van der Waals surface area contributed by atoms with Crippen molar-refractivity contribution in [3.63, 3.8) is 0 Å². The summed E-state index contributed by atoms with van der Waals surface area (Å²) < 4.78 is 11.5. The zero-order chi connectivity index (χ0) is 18.7. The van der Waals surface area contributed by atoms with E-state index in [0.29, 0.717) is 36.5 Å². The van der Waals surface area contributed by atoms with E-state index in [9.17, 15) is 14.7 Å². The van der Waals surface area contributed by atoms with E-state index in [4.69, 9.17) is 9.47 Å². The molecule has 3 rings (SSSR count). The second-order valence-corrected chi connectivity index (χ2v) is 6.60. The van der Waals surface area contributed by atoms with Gasteiger partial charge in [-0.1, -0.05) is 0 Å². The molecule has 0 spiro atoms. The van der Waals surface area contributed by atoms with Crippen molar-refractivity contribution in [2.45, 2.75) is 45.3 Å². The van der Waals surface area contributed by atoms with Crippen molar-refractivity contribution in [1.29, 1.82) is 0 Å². The molecule has 0 unspecified atom stereocenters. The summed E-state index contributed by atoms with van der Waals surface area (Å²) in [6.07, 6.45) is 3.51. The van der Waals surface area contributed by atoms with Crippen molar-refractivity contribution in [1.82, 2.24) is 10.3 Å².